The molecule has 0 radical (unpaired) electrons. The van der Waals surface area contributed by atoms with E-state index in [1.54, 1.807) is 7.11 Å². The fraction of sp³-hybridized carbons (Fsp3) is 0.533. The molecule has 1 aromatic rings. The van der Waals surface area contributed by atoms with Crippen LogP contribution in [0.2, 0.25) is 0 Å². The summed E-state index contributed by atoms with van der Waals surface area (Å²) in [4.78, 5) is 15.0. The molecule has 1 saturated heterocycles. The van der Waals surface area contributed by atoms with E-state index in [1.807, 2.05) is 18.2 Å². The number of ether oxygens (including phenoxy) is 1. The summed E-state index contributed by atoms with van der Waals surface area (Å²) in [5.74, 6) is 1.12. The number of nitrogens with one attached hydrogen (secondary N) is 1. The molecule has 0 spiro atoms. The third-order valence-corrected chi connectivity index (χ3v) is 4.18. The zero-order valence-electron chi connectivity index (χ0n) is 11.3. The number of methoxy groups -OCH3 is 1. The van der Waals surface area contributed by atoms with Gasteiger partial charge >= 0.3 is 0 Å². The van der Waals surface area contributed by atoms with Crippen molar-refractivity contribution < 1.29 is 9.53 Å². The molecule has 1 atom stereocenters. The van der Waals surface area contributed by atoms with Gasteiger partial charge in [0.15, 0.2) is 5.78 Å². The molecular weight excluding hydrogens is 240 g/mol. The van der Waals surface area contributed by atoms with Crippen molar-refractivity contribution in [1.29, 1.82) is 0 Å². The van der Waals surface area contributed by atoms with Crippen molar-refractivity contribution in [1.82, 2.24) is 10.2 Å². The molecule has 1 aliphatic carbocycles. The van der Waals surface area contributed by atoms with Gasteiger partial charge in [0, 0.05) is 37.3 Å². The standard InChI is InChI=1S/C15H20N2O2/c1-19-14-4-2-3-12-11(14)5-6-13(15(12)18)17-9-7-16-8-10-17/h2-4,13,16H,5-10H2,1H3. The molecule has 4 heteroatoms. The number of nitrogens with zero attached hydrogens (tertiary/aromatic N) is 1. The molecule has 1 aromatic carbocycles. The SMILES string of the molecule is COc1cccc2c1CCC(N1CCNCC1)C2=O. The van der Waals surface area contributed by atoms with Crippen LogP contribution in [0.3, 0.4) is 0 Å². The second-order valence-corrected chi connectivity index (χ2v) is 5.19. The van der Waals surface area contributed by atoms with E-state index in [1.165, 1.54) is 0 Å². The lowest BCUT2D eigenvalue weighted by Gasteiger charge is -2.36. The average molecular weight is 260 g/mol. The van der Waals surface area contributed by atoms with Crippen molar-refractivity contribution in [2.75, 3.05) is 33.3 Å². The fourth-order valence-corrected chi connectivity index (χ4v) is 3.18. The minimum Gasteiger partial charge on any atom is -0.496 e. The van der Waals surface area contributed by atoms with E-state index in [0.29, 0.717) is 0 Å². The molecule has 0 saturated carbocycles. The molecule has 102 valence electrons. The molecule has 0 bridgehead atoms. The van der Waals surface area contributed by atoms with Gasteiger partial charge in [-0.3, -0.25) is 9.69 Å². The highest BCUT2D eigenvalue weighted by atomic mass is 16.5. The third kappa shape index (κ3) is 2.26. The second-order valence-electron chi connectivity index (χ2n) is 5.19. The molecule has 1 aliphatic heterocycles. The van der Waals surface area contributed by atoms with Crippen LogP contribution >= 0.6 is 0 Å². The van der Waals surface area contributed by atoms with Crippen LogP contribution in [-0.2, 0) is 6.42 Å². The Bertz CT molecular complexity index is 481. The maximum absolute atomic E-state index is 12.7. The van der Waals surface area contributed by atoms with Gasteiger partial charge in [-0.15, -0.1) is 0 Å². The van der Waals surface area contributed by atoms with Crippen molar-refractivity contribution in [2.45, 2.75) is 18.9 Å². The lowest BCUT2D eigenvalue weighted by Crippen LogP contribution is -2.52. The molecule has 1 heterocycles. The van der Waals surface area contributed by atoms with Crippen LogP contribution in [-0.4, -0.2) is 50.0 Å². The quantitative estimate of drug-likeness (QED) is 0.864. The predicted molar refractivity (Wildman–Crippen MR) is 73.9 cm³/mol. The predicted octanol–water partition coefficient (Wildman–Crippen LogP) is 1.10. The summed E-state index contributed by atoms with van der Waals surface area (Å²) < 4.78 is 5.37. The van der Waals surface area contributed by atoms with Crippen LogP contribution in [0.15, 0.2) is 18.2 Å². The van der Waals surface area contributed by atoms with Gasteiger partial charge in [0.05, 0.1) is 13.2 Å². The molecule has 1 N–H and O–H groups in total. The minimum absolute atomic E-state index is 0.0571. The Morgan fingerprint density at radius 3 is 2.84 bits per heavy atom. The van der Waals surface area contributed by atoms with E-state index in [-0.39, 0.29) is 11.8 Å². The van der Waals surface area contributed by atoms with E-state index in [0.717, 1.165) is 55.9 Å². The monoisotopic (exact) mass is 260 g/mol. The molecule has 1 fully saturated rings. The topological polar surface area (TPSA) is 41.6 Å². The van der Waals surface area contributed by atoms with Gasteiger partial charge in [0.2, 0.25) is 0 Å². The van der Waals surface area contributed by atoms with Crippen LogP contribution in [0.5, 0.6) is 5.75 Å². The second kappa shape index (κ2) is 5.31. The molecule has 19 heavy (non-hydrogen) atoms. The van der Waals surface area contributed by atoms with Crippen molar-refractivity contribution in [2.24, 2.45) is 0 Å². The maximum Gasteiger partial charge on any atom is 0.180 e. The van der Waals surface area contributed by atoms with Crippen molar-refractivity contribution in [3.63, 3.8) is 0 Å². The van der Waals surface area contributed by atoms with Crippen molar-refractivity contribution in [3.05, 3.63) is 29.3 Å². The van der Waals surface area contributed by atoms with Gasteiger partial charge in [-0.1, -0.05) is 12.1 Å². The first kappa shape index (κ1) is 12.6. The zero-order valence-corrected chi connectivity index (χ0v) is 11.3. The number of carbonyl (C=O) groups is 1. The Morgan fingerprint density at radius 1 is 1.32 bits per heavy atom. The fourth-order valence-electron chi connectivity index (χ4n) is 3.18. The Labute approximate surface area is 113 Å². The van der Waals surface area contributed by atoms with E-state index >= 15 is 0 Å². The summed E-state index contributed by atoms with van der Waals surface area (Å²) in [6, 6.07) is 5.85. The molecule has 0 amide bonds. The van der Waals surface area contributed by atoms with Crippen LogP contribution in [0.1, 0.15) is 22.3 Å². The Balaban J connectivity index is 1.87. The van der Waals surface area contributed by atoms with Crippen LogP contribution in [0, 0.1) is 0 Å². The number of Topliss-reactive ketones (excluding diaryl/α,β-unsaturated/α-hetero) is 1. The Kier molecular flexibility index (Phi) is 3.53. The summed E-state index contributed by atoms with van der Waals surface area (Å²) in [6.45, 7) is 3.90. The van der Waals surface area contributed by atoms with E-state index in [2.05, 4.69) is 10.2 Å². The summed E-state index contributed by atoms with van der Waals surface area (Å²) in [5.41, 5.74) is 1.94. The van der Waals surface area contributed by atoms with Gasteiger partial charge in [0.1, 0.15) is 5.75 Å². The first-order valence-corrected chi connectivity index (χ1v) is 6.96. The van der Waals surface area contributed by atoms with Crippen LogP contribution < -0.4 is 10.1 Å². The summed E-state index contributed by atoms with van der Waals surface area (Å²) >= 11 is 0. The smallest absolute Gasteiger partial charge is 0.180 e. The number of hydrogen-bond acceptors (Lipinski definition) is 4. The van der Waals surface area contributed by atoms with E-state index < -0.39 is 0 Å². The Morgan fingerprint density at radius 2 is 2.11 bits per heavy atom. The summed E-state index contributed by atoms with van der Waals surface area (Å²) in [6.07, 6.45) is 1.84. The number of piperazine rings is 1. The number of carbonyl (C=O) groups excluding carboxylic acids is 1. The molecule has 0 aromatic heterocycles. The Hall–Kier alpha value is -1.39. The highest BCUT2D eigenvalue weighted by molar-refractivity contribution is 6.03. The maximum atomic E-state index is 12.7. The third-order valence-electron chi connectivity index (χ3n) is 4.18. The van der Waals surface area contributed by atoms with E-state index in [4.69, 9.17) is 4.74 Å². The number of ketones is 1. The lowest BCUT2D eigenvalue weighted by atomic mass is 9.85. The lowest BCUT2D eigenvalue weighted by molar-refractivity contribution is 0.0765. The zero-order chi connectivity index (χ0) is 13.2. The normalized spacial score (nSPS) is 24.1. The largest absolute Gasteiger partial charge is 0.496 e. The first-order valence-electron chi connectivity index (χ1n) is 6.96. The van der Waals surface area contributed by atoms with Crippen LogP contribution in [0.4, 0.5) is 0 Å². The summed E-state index contributed by atoms with van der Waals surface area (Å²) in [5, 5.41) is 3.33. The number of benzene rings is 1. The van der Waals surface area contributed by atoms with Gasteiger partial charge < -0.3 is 10.1 Å². The van der Waals surface area contributed by atoms with Gasteiger partial charge in [0.25, 0.3) is 0 Å². The minimum atomic E-state index is 0.0571. The molecule has 2 aliphatic rings. The van der Waals surface area contributed by atoms with Gasteiger partial charge in [-0.05, 0) is 18.9 Å². The van der Waals surface area contributed by atoms with Gasteiger partial charge in [-0.25, -0.2) is 0 Å². The molecular formula is C15H20N2O2. The highest BCUT2D eigenvalue weighted by Gasteiger charge is 2.33. The highest BCUT2D eigenvalue weighted by Crippen LogP contribution is 2.31. The van der Waals surface area contributed by atoms with Crippen LogP contribution in [0.25, 0.3) is 0 Å². The number of fused-ring (bicyclic) bond motifs is 1. The van der Waals surface area contributed by atoms with E-state index in [9.17, 15) is 4.79 Å². The number of hydrogen-bond donors (Lipinski definition) is 1. The van der Waals surface area contributed by atoms with Crippen molar-refractivity contribution in [3.8, 4) is 5.75 Å². The number of rotatable bonds is 2. The average Bonchev–Trinajstić information content (AvgIpc) is 2.48. The molecule has 3 rings (SSSR count). The molecule has 1 unspecified atom stereocenters. The van der Waals surface area contributed by atoms with Crippen molar-refractivity contribution >= 4 is 5.78 Å². The summed E-state index contributed by atoms with van der Waals surface area (Å²) in [7, 11) is 1.67. The molecule has 4 nitrogen and oxygen atoms in total. The first-order chi connectivity index (χ1) is 9.31. The van der Waals surface area contributed by atoms with Gasteiger partial charge in [-0.2, -0.15) is 0 Å².